The lowest BCUT2D eigenvalue weighted by atomic mass is 9.85. The lowest BCUT2D eigenvalue weighted by Crippen LogP contribution is -2.44. The summed E-state index contributed by atoms with van der Waals surface area (Å²) in [6, 6.07) is 3.43. The van der Waals surface area contributed by atoms with Gasteiger partial charge in [-0.2, -0.15) is 0 Å². The number of nitrogens with zero attached hydrogens (tertiary/aromatic N) is 2. The van der Waals surface area contributed by atoms with Gasteiger partial charge in [-0.05, 0) is 50.7 Å². The number of pyridine rings is 1. The highest BCUT2D eigenvalue weighted by Gasteiger charge is 2.27. The molecule has 1 aromatic heterocycles. The van der Waals surface area contributed by atoms with Crippen molar-refractivity contribution in [3.8, 4) is 0 Å². The smallest absolute Gasteiger partial charge is 0.321 e. The summed E-state index contributed by atoms with van der Waals surface area (Å²) in [6.07, 6.45) is 6.01. The molecule has 2 fully saturated rings. The molecule has 1 saturated heterocycles. The van der Waals surface area contributed by atoms with Crippen molar-refractivity contribution in [2.24, 2.45) is 5.92 Å². The molecule has 1 atom stereocenters. The van der Waals surface area contributed by atoms with Crippen molar-refractivity contribution < 1.29 is 9.53 Å². The number of aromatic nitrogens is 1. The van der Waals surface area contributed by atoms with Gasteiger partial charge >= 0.3 is 6.03 Å². The monoisotopic (exact) mass is 337 g/mol. The van der Waals surface area contributed by atoms with Crippen LogP contribution in [0.1, 0.15) is 37.8 Å². The number of hydrogen-bond acceptors (Lipinski definition) is 3. The van der Waals surface area contributed by atoms with Crippen LogP contribution in [0.3, 0.4) is 0 Å². The summed E-state index contributed by atoms with van der Waals surface area (Å²) in [4.78, 5) is 18.8. The fraction of sp³-hybridized carbons (Fsp3) is 0.647. The summed E-state index contributed by atoms with van der Waals surface area (Å²) in [5.74, 6) is 0.631. The zero-order valence-corrected chi connectivity index (χ0v) is 14.3. The molecule has 0 spiro atoms. The normalized spacial score (nSPS) is 21.0. The van der Waals surface area contributed by atoms with Crippen LogP contribution in [0.5, 0.6) is 0 Å². The SMILES string of the molecule is Cc1nc(Cl)ccc1NC(=O)N(CC1CCC1)CC1CCCO1. The van der Waals surface area contributed by atoms with Crippen LogP contribution >= 0.6 is 11.6 Å². The van der Waals surface area contributed by atoms with E-state index in [1.54, 1.807) is 12.1 Å². The molecule has 2 heterocycles. The number of rotatable bonds is 5. The summed E-state index contributed by atoms with van der Waals surface area (Å²) in [6.45, 7) is 4.13. The number of nitrogens with one attached hydrogen (secondary N) is 1. The van der Waals surface area contributed by atoms with E-state index >= 15 is 0 Å². The number of carbonyl (C=O) groups is 1. The van der Waals surface area contributed by atoms with Crippen molar-refractivity contribution in [2.75, 3.05) is 25.0 Å². The maximum atomic E-state index is 12.7. The predicted octanol–water partition coefficient (Wildman–Crippen LogP) is 3.86. The van der Waals surface area contributed by atoms with Gasteiger partial charge in [-0.3, -0.25) is 0 Å². The van der Waals surface area contributed by atoms with Crippen LogP contribution in [0.4, 0.5) is 10.5 Å². The molecule has 23 heavy (non-hydrogen) atoms. The van der Waals surface area contributed by atoms with E-state index in [-0.39, 0.29) is 12.1 Å². The Labute approximate surface area is 142 Å². The van der Waals surface area contributed by atoms with Gasteiger partial charge < -0.3 is 15.0 Å². The average molecular weight is 338 g/mol. The molecule has 1 unspecified atom stereocenters. The first-order chi connectivity index (χ1) is 11.1. The molecule has 0 radical (unpaired) electrons. The van der Waals surface area contributed by atoms with Gasteiger partial charge in [0.25, 0.3) is 0 Å². The van der Waals surface area contributed by atoms with Gasteiger partial charge in [0, 0.05) is 19.7 Å². The van der Waals surface area contributed by atoms with Crippen molar-refractivity contribution >= 4 is 23.3 Å². The lowest BCUT2D eigenvalue weighted by molar-refractivity contribution is 0.0748. The quantitative estimate of drug-likeness (QED) is 0.830. The van der Waals surface area contributed by atoms with Gasteiger partial charge in [0.05, 0.1) is 17.5 Å². The molecule has 0 bridgehead atoms. The molecule has 1 saturated carbocycles. The zero-order valence-electron chi connectivity index (χ0n) is 13.6. The van der Waals surface area contributed by atoms with Crippen molar-refractivity contribution in [3.05, 3.63) is 23.0 Å². The van der Waals surface area contributed by atoms with Crippen LogP contribution in [0.15, 0.2) is 12.1 Å². The Morgan fingerprint density at radius 3 is 2.78 bits per heavy atom. The molecule has 1 N–H and O–H groups in total. The van der Waals surface area contributed by atoms with E-state index in [2.05, 4.69) is 10.3 Å². The Hall–Kier alpha value is -1.33. The molecule has 6 heteroatoms. The third-order valence-electron chi connectivity index (χ3n) is 4.73. The van der Waals surface area contributed by atoms with Crippen LogP contribution in [-0.4, -0.2) is 41.7 Å². The molecule has 2 amide bonds. The number of halogens is 1. The Morgan fingerprint density at radius 2 is 2.17 bits per heavy atom. The Kier molecular flexibility index (Phi) is 5.38. The van der Waals surface area contributed by atoms with E-state index in [1.165, 1.54) is 19.3 Å². The minimum atomic E-state index is -0.0698. The highest BCUT2D eigenvalue weighted by atomic mass is 35.5. The first-order valence-electron chi connectivity index (χ1n) is 8.42. The van der Waals surface area contributed by atoms with Gasteiger partial charge in [-0.15, -0.1) is 0 Å². The standard InChI is InChI=1S/C17H24ClN3O2/c1-12-15(7-8-16(18)19-12)20-17(22)21(10-13-4-2-5-13)11-14-6-3-9-23-14/h7-8,13-14H,2-6,9-11H2,1H3,(H,20,22). The lowest BCUT2D eigenvalue weighted by Gasteiger charge is -2.33. The van der Waals surface area contributed by atoms with Crippen molar-refractivity contribution in [1.29, 1.82) is 0 Å². The van der Waals surface area contributed by atoms with Gasteiger partial charge in [-0.1, -0.05) is 18.0 Å². The number of aryl methyl sites for hydroxylation is 1. The minimum Gasteiger partial charge on any atom is -0.376 e. The summed E-state index contributed by atoms with van der Waals surface area (Å²) in [5.41, 5.74) is 1.44. The molecule has 1 aromatic rings. The van der Waals surface area contributed by atoms with E-state index in [9.17, 15) is 4.79 Å². The van der Waals surface area contributed by atoms with E-state index in [1.807, 2.05) is 11.8 Å². The maximum absolute atomic E-state index is 12.7. The van der Waals surface area contributed by atoms with Crippen molar-refractivity contribution in [1.82, 2.24) is 9.88 Å². The fourth-order valence-corrected chi connectivity index (χ4v) is 3.31. The van der Waals surface area contributed by atoms with Crippen molar-refractivity contribution in [3.63, 3.8) is 0 Å². The fourth-order valence-electron chi connectivity index (χ4n) is 3.12. The molecule has 0 aromatic carbocycles. The van der Waals surface area contributed by atoms with Gasteiger partial charge in [-0.25, -0.2) is 9.78 Å². The number of anilines is 1. The maximum Gasteiger partial charge on any atom is 0.321 e. The molecule has 2 aliphatic rings. The van der Waals surface area contributed by atoms with Crippen molar-refractivity contribution in [2.45, 2.75) is 45.1 Å². The summed E-state index contributed by atoms with van der Waals surface area (Å²) in [5, 5.41) is 3.41. The number of amides is 2. The first-order valence-corrected chi connectivity index (χ1v) is 8.80. The molecular weight excluding hydrogens is 314 g/mol. The van der Waals surface area contributed by atoms with E-state index in [4.69, 9.17) is 16.3 Å². The second kappa shape index (κ2) is 7.49. The van der Waals surface area contributed by atoms with Crippen LogP contribution in [0.2, 0.25) is 5.15 Å². The molecular formula is C17H24ClN3O2. The third kappa shape index (κ3) is 4.36. The molecule has 5 nitrogen and oxygen atoms in total. The first kappa shape index (κ1) is 16.5. The third-order valence-corrected chi connectivity index (χ3v) is 4.94. The van der Waals surface area contributed by atoms with Gasteiger partial charge in [0.2, 0.25) is 0 Å². The largest absolute Gasteiger partial charge is 0.376 e. The number of hydrogen-bond donors (Lipinski definition) is 1. The molecule has 1 aliphatic heterocycles. The number of ether oxygens (including phenoxy) is 1. The Morgan fingerprint density at radius 1 is 1.35 bits per heavy atom. The number of carbonyl (C=O) groups excluding carboxylic acids is 1. The topological polar surface area (TPSA) is 54.5 Å². The van der Waals surface area contributed by atoms with Crippen LogP contribution in [0.25, 0.3) is 0 Å². The van der Waals surface area contributed by atoms with E-state index in [0.29, 0.717) is 23.3 Å². The van der Waals surface area contributed by atoms with Gasteiger partial charge in [0.1, 0.15) is 5.15 Å². The summed E-state index contributed by atoms with van der Waals surface area (Å²) >= 11 is 5.87. The van der Waals surface area contributed by atoms with E-state index in [0.717, 1.165) is 31.7 Å². The molecule has 1 aliphatic carbocycles. The van der Waals surface area contributed by atoms with Gasteiger partial charge in [0.15, 0.2) is 0 Å². The Balaban J connectivity index is 1.65. The predicted molar refractivity (Wildman–Crippen MR) is 90.9 cm³/mol. The molecule has 126 valence electrons. The zero-order chi connectivity index (χ0) is 16.2. The summed E-state index contributed by atoms with van der Waals surface area (Å²) < 4.78 is 5.71. The highest BCUT2D eigenvalue weighted by molar-refractivity contribution is 6.29. The minimum absolute atomic E-state index is 0.0698. The van der Waals surface area contributed by atoms with Crippen LogP contribution < -0.4 is 5.32 Å². The highest BCUT2D eigenvalue weighted by Crippen LogP contribution is 2.28. The second-order valence-electron chi connectivity index (χ2n) is 6.53. The average Bonchev–Trinajstić information content (AvgIpc) is 2.97. The second-order valence-corrected chi connectivity index (χ2v) is 6.92. The molecule has 3 rings (SSSR count). The van der Waals surface area contributed by atoms with E-state index < -0.39 is 0 Å². The van der Waals surface area contributed by atoms with Crippen LogP contribution in [-0.2, 0) is 4.74 Å². The summed E-state index contributed by atoms with van der Waals surface area (Å²) in [7, 11) is 0. The Bertz CT molecular complexity index is 557. The number of urea groups is 1. The van der Waals surface area contributed by atoms with Crippen LogP contribution in [0, 0.1) is 12.8 Å².